The molecule has 0 bridgehead atoms. The van der Waals surface area contributed by atoms with E-state index in [4.69, 9.17) is 20.2 Å². The Bertz CT molecular complexity index is 2530. The van der Waals surface area contributed by atoms with Gasteiger partial charge in [0.05, 0.1) is 35.7 Å². The quantitative estimate of drug-likeness (QED) is 0.0806. The molecule has 8 rings (SSSR count). The number of hydrogen-bond donors (Lipinski definition) is 2. The minimum atomic E-state index is -0.309. The smallest absolute Gasteiger partial charge is 0.338 e. The highest BCUT2D eigenvalue weighted by Crippen LogP contribution is 2.35. The first kappa shape index (κ1) is 44.6. The van der Waals surface area contributed by atoms with Gasteiger partial charge in [-0.05, 0) is 117 Å². The molecule has 1 aliphatic rings. The minimum Gasteiger partial charge on any atom is -0.462 e. The third kappa shape index (κ3) is 11.7. The van der Waals surface area contributed by atoms with Crippen LogP contribution in [0.2, 0.25) is 0 Å². The Morgan fingerprint density at radius 1 is 0.635 bits per heavy atom. The van der Waals surface area contributed by atoms with Crippen molar-refractivity contribution in [3.8, 4) is 22.5 Å². The van der Waals surface area contributed by atoms with Crippen LogP contribution in [0.25, 0.3) is 22.5 Å². The summed E-state index contributed by atoms with van der Waals surface area (Å²) in [5, 5.41) is 9.40. The lowest BCUT2D eigenvalue weighted by molar-refractivity contribution is 0.0517. The zero-order chi connectivity index (χ0) is 44.1. The highest BCUT2D eigenvalue weighted by Gasteiger charge is 2.16. The molecule has 0 aliphatic heterocycles. The summed E-state index contributed by atoms with van der Waals surface area (Å²) < 4.78 is 10.1. The van der Waals surface area contributed by atoms with Gasteiger partial charge in [0.15, 0.2) is 10.3 Å². The van der Waals surface area contributed by atoms with Crippen molar-refractivity contribution in [2.75, 3.05) is 48.2 Å². The van der Waals surface area contributed by atoms with E-state index in [0.717, 1.165) is 68.0 Å². The fourth-order valence-electron chi connectivity index (χ4n) is 7.35. The van der Waals surface area contributed by atoms with E-state index in [9.17, 15) is 9.59 Å². The fraction of sp³-hybridized carbons (Fsp3) is 0.255. The fourth-order valence-corrected chi connectivity index (χ4v) is 9.00. The summed E-state index contributed by atoms with van der Waals surface area (Å²) in [6, 6.07) is 40.0. The predicted octanol–water partition coefficient (Wildman–Crippen LogP) is 12.8. The molecule has 0 spiro atoms. The molecule has 1 saturated carbocycles. The average Bonchev–Trinajstić information content (AvgIpc) is 4.04. The van der Waals surface area contributed by atoms with Gasteiger partial charge in [0, 0.05) is 65.3 Å². The number of anilines is 6. The molecular weight excluding hydrogens is 825 g/mol. The van der Waals surface area contributed by atoms with Crippen LogP contribution in [-0.4, -0.2) is 49.2 Å². The van der Waals surface area contributed by atoms with Gasteiger partial charge < -0.3 is 30.3 Å². The maximum atomic E-state index is 11.9. The van der Waals surface area contributed by atoms with Crippen molar-refractivity contribution >= 4 is 67.6 Å². The van der Waals surface area contributed by atoms with Gasteiger partial charge in [-0.15, -0.1) is 22.7 Å². The number of carbonyl (C=O) groups is 2. The van der Waals surface area contributed by atoms with Crippen LogP contribution in [0.1, 0.15) is 83.7 Å². The Hall–Kier alpha value is -6.50. The third-order valence-electron chi connectivity index (χ3n) is 11.0. The molecule has 2 aromatic heterocycles. The summed E-state index contributed by atoms with van der Waals surface area (Å²) in [5.41, 5.74) is 17.3. The summed E-state index contributed by atoms with van der Waals surface area (Å²) in [5.74, 6) is 0.140. The van der Waals surface area contributed by atoms with Gasteiger partial charge in [-0.3, -0.25) is 0 Å². The molecule has 324 valence electrons. The van der Waals surface area contributed by atoms with E-state index < -0.39 is 0 Å². The number of esters is 2. The van der Waals surface area contributed by atoms with E-state index in [1.165, 1.54) is 43.2 Å². The molecule has 0 atom stereocenters. The molecule has 0 saturated heterocycles. The lowest BCUT2D eigenvalue weighted by Crippen LogP contribution is -2.10. The van der Waals surface area contributed by atoms with Crippen LogP contribution in [0.15, 0.2) is 132 Å². The number of hydrogen-bond acceptors (Lipinski definition) is 12. The predicted molar refractivity (Wildman–Crippen MR) is 260 cm³/mol. The number of nitrogens with two attached hydrogens (primary N) is 1. The van der Waals surface area contributed by atoms with Gasteiger partial charge in [0.25, 0.3) is 0 Å². The molecule has 1 fully saturated rings. The van der Waals surface area contributed by atoms with Crippen molar-refractivity contribution in [3.63, 3.8) is 0 Å². The maximum Gasteiger partial charge on any atom is 0.338 e. The second kappa shape index (κ2) is 21.5. The van der Waals surface area contributed by atoms with E-state index in [2.05, 4.69) is 64.2 Å². The maximum absolute atomic E-state index is 11.9. The van der Waals surface area contributed by atoms with Crippen molar-refractivity contribution < 1.29 is 19.1 Å². The number of nitrogen functional groups attached to an aromatic ring is 1. The Labute approximate surface area is 378 Å². The largest absolute Gasteiger partial charge is 0.462 e. The molecule has 0 unspecified atom stereocenters. The minimum absolute atomic E-state index is 0.302. The number of benzene rings is 5. The Morgan fingerprint density at radius 3 is 1.56 bits per heavy atom. The van der Waals surface area contributed by atoms with Crippen LogP contribution in [0.5, 0.6) is 0 Å². The SMILES string of the molecule is CCOC(=O)c1ccc(N(C)c2nc(-c3ccc(N)cc3)cs2)cc1.CCOC(=O)c1ccc(N(C)c2nc(-c3ccc(NCc4ccc(C5CCCCC5)cc4)cc3)cs2)cc1. The van der Waals surface area contributed by atoms with Crippen molar-refractivity contribution in [2.24, 2.45) is 0 Å². The first-order valence-corrected chi connectivity index (χ1v) is 23.2. The summed E-state index contributed by atoms with van der Waals surface area (Å²) in [6.07, 6.45) is 6.81. The van der Waals surface area contributed by atoms with Gasteiger partial charge in [0.2, 0.25) is 0 Å². The monoisotopic (exact) mass is 878 g/mol. The number of aromatic nitrogens is 2. The number of rotatable bonds is 14. The van der Waals surface area contributed by atoms with Gasteiger partial charge in [-0.25, -0.2) is 19.6 Å². The first-order valence-electron chi connectivity index (χ1n) is 21.4. The molecule has 5 aromatic carbocycles. The summed E-state index contributed by atoms with van der Waals surface area (Å²) >= 11 is 3.16. The van der Waals surface area contributed by atoms with Crippen molar-refractivity contribution in [2.45, 2.75) is 58.4 Å². The molecule has 3 N–H and O–H groups in total. The number of carbonyl (C=O) groups excluding carboxylic acids is 2. The summed E-state index contributed by atoms with van der Waals surface area (Å²) in [6.45, 7) is 5.15. The zero-order valence-electron chi connectivity index (χ0n) is 36.3. The van der Waals surface area contributed by atoms with E-state index in [1.807, 2.05) is 77.8 Å². The lowest BCUT2D eigenvalue weighted by atomic mass is 9.84. The summed E-state index contributed by atoms with van der Waals surface area (Å²) in [4.78, 5) is 37.2. The normalized spacial score (nSPS) is 12.4. The molecule has 0 amide bonds. The van der Waals surface area contributed by atoms with Crippen molar-refractivity contribution in [3.05, 3.63) is 154 Å². The van der Waals surface area contributed by atoms with E-state index in [1.54, 1.807) is 60.8 Å². The van der Waals surface area contributed by atoms with Crippen molar-refractivity contribution in [1.29, 1.82) is 0 Å². The number of ether oxygens (including phenoxy) is 2. The average molecular weight is 879 g/mol. The summed E-state index contributed by atoms with van der Waals surface area (Å²) in [7, 11) is 3.93. The van der Waals surface area contributed by atoms with Crippen LogP contribution in [0.4, 0.5) is 33.0 Å². The topological polar surface area (TPSA) is 123 Å². The molecular formula is C51H54N6O4S2. The van der Waals surface area contributed by atoms with Crippen LogP contribution < -0.4 is 20.9 Å². The first-order chi connectivity index (χ1) is 30.7. The van der Waals surface area contributed by atoms with Crippen LogP contribution in [0.3, 0.4) is 0 Å². The molecule has 10 nitrogen and oxygen atoms in total. The van der Waals surface area contributed by atoms with Gasteiger partial charge in [-0.1, -0.05) is 67.8 Å². The highest BCUT2D eigenvalue weighted by atomic mass is 32.1. The second-order valence-electron chi connectivity index (χ2n) is 15.3. The van der Waals surface area contributed by atoms with Crippen LogP contribution in [0, 0.1) is 0 Å². The van der Waals surface area contributed by atoms with Gasteiger partial charge in [-0.2, -0.15) is 0 Å². The highest BCUT2D eigenvalue weighted by molar-refractivity contribution is 7.14. The third-order valence-corrected chi connectivity index (χ3v) is 12.9. The molecule has 12 heteroatoms. The number of nitrogens with zero attached hydrogens (tertiary/aromatic N) is 4. The number of thiazole rings is 2. The van der Waals surface area contributed by atoms with E-state index >= 15 is 0 Å². The van der Waals surface area contributed by atoms with E-state index in [-0.39, 0.29) is 11.9 Å². The van der Waals surface area contributed by atoms with Crippen LogP contribution >= 0.6 is 22.7 Å². The Balaban J connectivity index is 0.000000206. The Kier molecular flexibility index (Phi) is 15.2. The molecule has 0 radical (unpaired) electrons. The lowest BCUT2D eigenvalue weighted by Gasteiger charge is -2.22. The molecule has 1 aliphatic carbocycles. The van der Waals surface area contributed by atoms with Gasteiger partial charge in [0.1, 0.15) is 0 Å². The van der Waals surface area contributed by atoms with E-state index in [0.29, 0.717) is 24.3 Å². The molecule has 63 heavy (non-hydrogen) atoms. The molecule has 7 aromatic rings. The van der Waals surface area contributed by atoms with Gasteiger partial charge >= 0.3 is 11.9 Å². The zero-order valence-corrected chi connectivity index (χ0v) is 37.9. The standard InChI is InChI=1S/C32H35N3O2S.C19H19N3O2S/c1-3-37-31(36)27-15-19-29(20-16-27)35(2)32-34-30(22-38-32)26-13-17-28(18-14-26)33-21-23-9-11-25(12-10-23)24-7-5-4-6-8-24;1-3-24-18(23)14-6-10-16(11-7-14)22(2)19-21-17(12-25-19)13-4-8-15(20)9-5-13/h9-20,22,24,33H,3-8,21H2,1-2H3;4-12H,3,20H2,1-2H3. The second-order valence-corrected chi connectivity index (χ2v) is 17.0. The number of nitrogens with one attached hydrogen (secondary N) is 1. The van der Waals surface area contributed by atoms with Crippen molar-refractivity contribution in [1.82, 2.24) is 9.97 Å². The van der Waals surface area contributed by atoms with Crippen LogP contribution in [-0.2, 0) is 16.0 Å². The Morgan fingerprint density at radius 2 is 1.10 bits per heavy atom. The molecule has 2 heterocycles.